The lowest BCUT2D eigenvalue weighted by Crippen LogP contribution is -2.41. The maximum atomic E-state index is 5.97. The molecule has 2 aromatic carbocycles. The average Bonchev–Trinajstić information content (AvgIpc) is 3.06. The second-order valence-electron chi connectivity index (χ2n) is 6.76. The van der Waals surface area contributed by atoms with Crippen LogP contribution in [0.25, 0.3) is 11.0 Å². The summed E-state index contributed by atoms with van der Waals surface area (Å²) in [6.45, 7) is 5.95. The highest BCUT2D eigenvalue weighted by Gasteiger charge is 2.09. The number of benzene rings is 2. The van der Waals surface area contributed by atoms with Gasteiger partial charge in [0.2, 0.25) is 0 Å². The molecule has 1 unspecified atom stereocenters. The lowest BCUT2D eigenvalue weighted by atomic mass is 10.3. The molecule has 1 atom stereocenters. The summed E-state index contributed by atoms with van der Waals surface area (Å²) in [5.74, 6) is 3.21. The Labute approximate surface area is 194 Å². The number of aryl methyl sites for hydroxylation is 1. The number of aromatic nitrogens is 2. The lowest BCUT2D eigenvalue weighted by molar-refractivity contribution is 0.223. The Kier molecular flexibility index (Phi) is 9.22. The zero-order valence-corrected chi connectivity index (χ0v) is 20.2. The highest BCUT2D eigenvalue weighted by atomic mass is 127. The van der Waals surface area contributed by atoms with Crippen molar-refractivity contribution in [3.8, 4) is 11.5 Å². The molecule has 30 heavy (non-hydrogen) atoms. The first-order chi connectivity index (χ1) is 14.1. The van der Waals surface area contributed by atoms with Gasteiger partial charge in [-0.1, -0.05) is 18.2 Å². The number of fused-ring (bicyclic) bond motifs is 1. The largest absolute Gasteiger partial charge is 0.497 e. The number of aliphatic imine (C=N–C) groups is 1. The normalized spacial score (nSPS) is 12.2. The van der Waals surface area contributed by atoms with Gasteiger partial charge in [-0.2, -0.15) is 0 Å². The van der Waals surface area contributed by atoms with Crippen molar-refractivity contribution in [1.29, 1.82) is 0 Å². The molecular formula is C22H30IN5O2. The highest BCUT2D eigenvalue weighted by Crippen LogP contribution is 2.19. The summed E-state index contributed by atoms with van der Waals surface area (Å²) in [7, 11) is 3.67. The van der Waals surface area contributed by atoms with Crippen LogP contribution in [0.4, 0.5) is 0 Å². The summed E-state index contributed by atoms with van der Waals surface area (Å²) in [6, 6.07) is 15.7. The smallest absolute Gasteiger partial charge is 0.191 e. The van der Waals surface area contributed by atoms with E-state index in [2.05, 4.69) is 31.2 Å². The van der Waals surface area contributed by atoms with E-state index in [1.54, 1.807) is 7.11 Å². The van der Waals surface area contributed by atoms with E-state index in [9.17, 15) is 0 Å². The molecule has 3 rings (SSSR count). The van der Waals surface area contributed by atoms with Gasteiger partial charge in [0.1, 0.15) is 30.0 Å². The predicted octanol–water partition coefficient (Wildman–Crippen LogP) is 3.72. The molecule has 0 saturated heterocycles. The van der Waals surface area contributed by atoms with Crippen LogP contribution in [0.5, 0.6) is 11.5 Å². The predicted molar refractivity (Wildman–Crippen MR) is 132 cm³/mol. The van der Waals surface area contributed by atoms with Crippen molar-refractivity contribution >= 4 is 41.0 Å². The van der Waals surface area contributed by atoms with Gasteiger partial charge in [0.05, 0.1) is 24.7 Å². The van der Waals surface area contributed by atoms with Crippen molar-refractivity contribution in [1.82, 2.24) is 20.2 Å². The topological polar surface area (TPSA) is 72.7 Å². The van der Waals surface area contributed by atoms with E-state index >= 15 is 0 Å². The first kappa shape index (κ1) is 23.8. The highest BCUT2D eigenvalue weighted by molar-refractivity contribution is 14.0. The summed E-state index contributed by atoms with van der Waals surface area (Å²) >= 11 is 0. The van der Waals surface area contributed by atoms with E-state index in [4.69, 9.17) is 9.47 Å². The number of methoxy groups -OCH3 is 1. The molecule has 7 nitrogen and oxygen atoms in total. The van der Waals surface area contributed by atoms with Crippen molar-refractivity contribution < 1.29 is 9.47 Å². The van der Waals surface area contributed by atoms with Gasteiger partial charge in [-0.3, -0.25) is 0 Å². The number of ether oxygens (including phenoxy) is 2. The Balaban J connectivity index is 0.00000320. The minimum Gasteiger partial charge on any atom is -0.497 e. The molecule has 162 valence electrons. The number of para-hydroxylation sites is 2. The van der Waals surface area contributed by atoms with E-state index in [0.717, 1.165) is 40.9 Å². The minimum absolute atomic E-state index is 0. The maximum absolute atomic E-state index is 5.97. The molecule has 1 heterocycles. The fraction of sp³-hybridized carbons (Fsp3) is 0.364. The van der Waals surface area contributed by atoms with E-state index in [0.29, 0.717) is 13.1 Å². The summed E-state index contributed by atoms with van der Waals surface area (Å²) < 4.78 is 13.3. The van der Waals surface area contributed by atoms with Gasteiger partial charge >= 0.3 is 0 Å². The number of hydrogen-bond acceptors (Lipinski definition) is 4. The molecule has 0 aliphatic rings. The van der Waals surface area contributed by atoms with Gasteiger partial charge in [-0.15, -0.1) is 24.0 Å². The van der Waals surface area contributed by atoms with E-state index in [-0.39, 0.29) is 30.1 Å². The van der Waals surface area contributed by atoms with Gasteiger partial charge in [-0.05, 0) is 38.1 Å². The second-order valence-corrected chi connectivity index (χ2v) is 6.76. The van der Waals surface area contributed by atoms with Gasteiger partial charge < -0.3 is 24.7 Å². The van der Waals surface area contributed by atoms with Gasteiger partial charge in [-0.25, -0.2) is 9.98 Å². The lowest BCUT2D eigenvalue weighted by Gasteiger charge is -2.18. The zero-order valence-electron chi connectivity index (χ0n) is 17.9. The van der Waals surface area contributed by atoms with Crippen molar-refractivity contribution in [3.63, 3.8) is 0 Å². The van der Waals surface area contributed by atoms with Crippen LogP contribution in [-0.4, -0.2) is 41.8 Å². The number of guanidine groups is 1. The Morgan fingerprint density at radius 3 is 2.63 bits per heavy atom. The van der Waals surface area contributed by atoms with Crippen LogP contribution >= 0.6 is 24.0 Å². The van der Waals surface area contributed by atoms with Gasteiger partial charge in [0, 0.05) is 19.7 Å². The molecule has 0 aliphatic carbocycles. The third-order valence-electron chi connectivity index (χ3n) is 4.54. The summed E-state index contributed by atoms with van der Waals surface area (Å²) in [5.41, 5.74) is 2.09. The summed E-state index contributed by atoms with van der Waals surface area (Å²) in [6.07, 6.45) is -0.0401. The van der Waals surface area contributed by atoms with Crippen LogP contribution in [0.3, 0.4) is 0 Å². The second kappa shape index (κ2) is 11.6. The fourth-order valence-corrected chi connectivity index (χ4v) is 3.02. The SMILES string of the molecule is CCNC(=NCc1nc2ccccc2n1C)NCC(C)Oc1cccc(OC)c1.I. The molecule has 1 aromatic heterocycles. The van der Waals surface area contributed by atoms with E-state index < -0.39 is 0 Å². The minimum atomic E-state index is -0.0401. The Morgan fingerprint density at radius 1 is 1.13 bits per heavy atom. The Hall–Kier alpha value is -2.49. The van der Waals surface area contributed by atoms with Crippen LogP contribution in [0.1, 0.15) is 19.7 Å². The van der Waals surface area contributed by atoms with Crippen LogP contribution in [-0.2, 0) is 13.6 Å². The molecule has 8 heteroatoms. The van der Waals surface area contributed by atoms with Crippen LogP contribution in [0, 0.1) is 0 Å². The number of imidazole rings is 1. The van der Waals surface area contributed by atoms with E-state index in [1.165, 1.54) is 0 Å². The van der Waals surface area contributed by atoms with Crippen molar-refractivity contribution in [2.24, 2.45) is 12.0 Å². The molecule has 0 spiro atoms. The first-order valence-electron chi connectivity index (χ1n) is 9.84. The zero-order chi connectivity index (χ0) is 20.6. The fourth-order valence-electron chi connectivity index (χ4n) is 3.02. The molecular weight excluding hydrogens is 493 g/mol. The molecule has 0 bridgehead atoms. The number of halogens is 1. The van der Waals surface area contributed by atoms with Crippen molar-refractivity contribution in [3.05, 3.63) is 54.4 Å². The van der Waals surface area contributed by atoms with Crippen molar-refractivity contribution in [2.45, 2.75) is 26.5 Å². The summed E-state index contributed by atoms with van der Waals surface area (Å²) in [4.78, 5) is 9.36. The van der Waals surface area contributed by atoms with Gasteiger partial charge in [0.25, 0.3) is 0 Å². The molecule has 0 radical (unpaired) electrons. The van der Waals surface area contributed by atoms with Crippen molar-refractivity contribution in [2.75, 3.05) is 20.2 Å². The number of nitrogens with zero attached hydrogens (tertiary/aromatic N) is 3. The van der Waals surface area contributed by atoms with Crippen LogP contribution < -0.4 is 20.1 Å². The number of nitrogens with one attached hydrogen (secondary N) is 2. The van der Waals surface area contributed by atoms with Crippen LogP contribution in [0.2, 0.25) is 0 Å². The van der Waals surface area contributed by atoms with E-state index in [1.807, 2.05) is 63.4 Å². The monoisotopic (exact) mass is 523 g/mol. The number of hydrogen-bond donors (Lipinski definition) is 2. The quantitative estimate of drug-likeness (QED) is 0.268. The first-order valence-corrected chi connectivity index (χ1v) is 9.84. The third-order valence-corrected chi connectivity index (χ3v) is 4.54. The Bertz CT molecular complexity index is 973. The average molecular weight is 523 g/mol. The molecule has 0 saturated carbocycles. The molecule has 2 N–H and O–H groups in total. The third kappa shape index (κ3) is 6.25. The van der Waals surface area contributed by atoms with Gasteiger partial charge in [0.15, 0.2) is 5.96 Å². The molecule has 3 aromatic rings. The molecule has 0 amide bonds. The molecule has 0 fully saturated rings. The molecule has 0 aliphatic heterocycles. The maximum Gasteiger partial charge on any atom is 0.191 e. The summed E-state index contributed by atoms with van der Waals surface area (Å²) in [5, 5.41) is 6.61. The van der Waals surface area contributed by atoms with Crippen LogP contribution in [0.15, 0.2) is 53.5 Å². The standard InChI is InChI=1S/C22H29N5O2.HI/c1-5-23-22(24-14-16(2)29-18-10-8-9-17(13-18)28-4)25-15-21-26-19-11-6-7-12-20(19)27(21)3;/h6-13,16H,5,14-15H2,1-4H3,(H2,23,24,25);1H. The number of rotatable bonds is 8. The Morgan fingerprint density at radius 2 is 1.90 bits per heavy atom.